The van der Waals surface area contributed by atoms with Crippen molar-refractivity contribution in [3.63, 3.8) is 0 Å². The van der Waals surface area contributed by atoms with Gasteiger partial charge in [0.05, 0.1) is 12.7 Å². The number of aryl methyl sites for hydroxylation is 1. The zero-order valence-electron chi connectivity index (χ0n) is 11.1. The maximum absolute atomic E-state index is 12.5. The third-order valence-corrected chi connectivity index (χ3v) is 7.04. The van der Waals surface area contributed by atoms with E-state index in [-0.39, 0.29) is 12.7 Å². The van der Waals surface area contributed by atoms with Crippen LogP contribution in [0.2, 0.25) is 0 Å². The highest BCUT2D eigenvalue weighted by atomic mass is 32.2. The fourth-order valence-corrected chi connectivity index (χ4v) is 5.28. The Bertz CT molecular complexity index is 530. The van der Waals surface area contributed by atoms with E-state index >= 15 is 0 Å². The summed E-state index contributed by atoms with van der Waals surface area (Å²) in [5.41, 5.74) is 0.831. The van der Waals surface area contributed by atoms with Gasteiger partial charge in [0.2, 0.25) is 0 Å². The first-order valence-corrected chi connectivity index (χ1v) is 8.47. The fourth-order valence-electron chi connectivity index (χ4n) is 2.21. The number of thiophene rings is 1. The SMILES string of the molecule is COC1CCN(S(=O)(=O)c2cc(C)c(CO)s2)CC1. The maximum Gasteiger partial charge on any atom is 0.252 e. The van der Waals surface area contributed by atoms with Gasteiger partial charge in [-0.25, -0.2) is 8.42 Å². The molecule has 0 amide bonds. The van der Waals surface area contributed by atoms with Gasteiger partial charge in [-0.3, -0.25) is 0 Å². The van der Waals surface area contributed by atoms with Crippen LogP contribution in [0.5, 0.6) is 0 Å². The number of piperidine rings is 1. The molecule has 2 heterocycles. The van der Waals surface area contributed by atoms with Gasteiger partial charge in [-0.2, -0.15) is 4.31 Å². The van der Waals surface area contributed by atoms with Crippen LogP contribution in [0.1, 0.15) is 23.3 Å². The fraction of sp³-hybridized carbons (Fsp3) is 0.667. The van der Waals surface area contributed by atoms with Crippen LogP contribution in [-0.4, -0.2) is 44.1 Å². The van der Waals surface area contributed by atoms with E-state index < -0.39 is 10.0 Å². The first kappa shape index (κ1) is 14.9. The van der Waals surface area contributed by atoms with Crippen molar-refractivity contribution in [2.75, 3.05) is 20.2 Å². The number of aliphatic hydroxyl groups excluding tert-OH is 1. The van der Waals surface area contributed by atoms with E-state index in [0.29, 0.717) is 22.2 Å². The summed E-state index contributed by atoms with van der Waals surface area (Å²) in [6.45, 7) is 2.69. The van der Waals surface area contributed by atoms with E-state index in [2.05, 4.69) is 0 Å². The molecule has 0 atom stereocenters. The molecular weight excluding hydrogens is 286 g/mol. The zero-order valence-corrected chi connectivity index (χ0v) is 12.8. The van der Waals surface area contributed by atoms with E-state index in [9.17, 15) is 8.42 Å². The Balaban J connectivity index is 2.18. The number of hydrogen-bond donors (Lipinski definition) is 1. The Morgan fingerprint density at radius 2 is 2.11 bits per heavy atom. The highest BCUT2D eigenvalue weighted by molar-refractivity contribution is 7.91. The Kier molecular flexibility index (Phi) is 4.62. The average molecular weight is 305 g/mol. The number of methoxy groups -OCH3 is 1. The summed E-state index contributed by atoms with van der Waals surface area (Å²) in [5.74, 6) is 0. The lowest BCUT2D eigenvalue weighted by molar-refractivity contribution is 0.0605. The number of aliphatic hydroxyl groups is 1. The molecule has 0 aromatic carbocycles. The van der Waals surface area contributed by atoms with E-state index in [0.717, 1.165) is 29.7 Å². The molecule has 1 fully saturated rings. The Labute approximate surface area is 117 Å². The second kappa shape index (κ2) is 5.88. The number of rotatable bonds is 4. The molecule has 1 aliphatic rings. The van der Waals surface area contributed by atoms with Crippen molar-refractivity contribution in [3.05, 3.63) is 16.5 Å². The summed E-state index contributed by atoms with van der Waals surface area (Å²) < 4.78 is 32.0. The van der Waals surface area contributed by atoms with Gasteiger partial charge in [-0.15, -0.1) is 11.3 Å². The molecule has 0 saturated carbocycles. The molecule has 0 spiro atoms. The lowest BCUT2D eigenvalue weighted by Gasteiger charge is -2.29. The quantitative estimate of drug-likeness (QED) is 0.912. The molecule has 1 aliphatic heterocycles. The standard InChI is InChI=1S/C12H19NO4S2/c1-9-7-12(18-11(9)8-14)19(15,16)13-5-3-10(17-2)4-6-13/h7,10,14H,3-6,8H2,1-2H3. The van der Waals surface area contributed by atoms with Crippen molar-refractivity contribution in [3.8, 4) is 0 Å². The zero-order chi connectivity index (χ0) is 14.0. The van der Waals surface area contributed by atoms with Crippen molar-refractivity contribution < 1.29 is 18.3 Å². The number of nitrogens with zero attached hydrogens (tertiary/aromatic N) is 1. The van der Waals surface area contributed by atoms with Gasteiger partial charge in [-0.05, 0) is 31.4 Å². The second-order valence-electron chi connectivity index (χ2n) is 4.67. The Morgan fingerprint density at radius 1 is 1.47 bits per heavy atom. The molecule has 108 valence electrons. The van der Waals surface area contributed by atoms with Crippen LogP contribution in [0.15, 0.2) is 10.3 Å². The maximum atomic E-state index is 12.5. The van der Waals surface area contributed by atoms with Gasteiger partial charge in [0, 0.05) is 25.1 Å². The summed E-state index contributed by atoms with van der Waals surface area (Å²) >= 11 is 1.16. The smallest absolute Gasteiger partial charge is 0.252 e. The van der Waals surface area contributed by atoms with Crippen LogP contribution in [0.4, 0.5) is 0 Å². The van der Waals surface area contributed by atoms with E-state index in [1.54, 1.807) is 13.2 Å². The first-order valence-electron chi connectivity index (χ1n) is 6.22. The highest BCUT2D eigenvalue weighted by Crippen LogP contribution is 2.30. The molecule has 1 N–H and O–H groups in total. The van der Waals surface area contributed by atoms with Gasteiger partial charge in [0.25, 0.3) is 10.0 Å². The van der Waals surface area contributed by atoms with Crippen molar-refractivity contribution >= 4 is 21.4 Å². The summed E-state index contributed by atoms with van der Waals surface area (Å²) in [7, 11) is -1.76. The Morgan fingerprint density at radius 3 is 2.58 bits per heavy atom. The molecule has 2 rings (SSSR count). The molecule has 0 unspecified atom stereocenters. The van der Waals surface area contributed by atoms with Crippen LogP contribution in [0.3, 0.4) is 0 Å². The van der Waals surface area contributed by atoms with Gasteiger partial charge in [-0.1, -0.05) is 0 Å². The molecule has 0 bridgehead atoms. The van der Waals surface area contributed by atoms with Crippen molar-refractivity contribution in [2.24, 2.45) is 0 Å². The molecular formula is C12H19NO4S2. The predicted molar refractivity (Wildman–Crippen MR) is 73.8 cm³/mol. The van der Waals surface area contributed by atoms with Gasteiger partial charge in [0.1, 0.15) is 4.21 Å². The van der Waals surface area contributed by atoms with Crippen LogP contribution < -0.4 is 0 Å². The molecule has 0 aliphatic carbocycles. The number of ether oxygens (including phenoxy) is 1. The van der Waals surface area contributed by atoms with Gasteiger partial charge in [0.15, 0.2) is 0 Å². The molecule has 19 heavy (non-hydrogen) atoms. The van der Waals surface area contributed by atoms with E-state index in [1.165, 1.54) is 4.31 Å². The highest BCUT2D eigenvalue weighted by Gasteiger charge is 2.30. The molecule has 1 saturated heterocycles. The summed E-state index contributed by atoms with van der Waals surface area (Å²) in [5, 5.41) is 9.16. The van der Waals surface area contributed by atoms with Crippen LogP contribution >= 0.6 is 11.3 Å². The third-order valence-electron chi connectivity index (χ3n) is 3.47. The number of sulfonamides is 1. The summed E-state index contributed by atoms with van der Waals surface area (Å²) in [6.07, 6.45) is 1.62. The average Bonchev–Trinajstić information content (AvgIpc) is 2.81. The lowest BCUT2D eigenvalue weighted by atomic mass is 10.1. The first-order chi connectivity index (χ1) is 8.98. The van der Waals surface area contributed by atoms with Crippen molar-refractivity contribution in [1.29, 1.82) is 0 Å². The summed E-state index contributed by atoms with van der Waals surface area (Å²) in [6, 6.07) is 1.65. The minimum atomic E-state index is -3.42. The third kappa shape index (κ3) is 3.00. The van der Waals surface area contributed by atoms with E-state index in [4.69, 9.17) is 9.84 Å². The monoisotopic (exact) mass is 305 g/mol. The van der Waals surface area contributed by atoms with Crippen molar-refractivity contribution in [1.82, 2.24) is 4.31 Å². The largest absolute Gasteiger partial charge is 0.391 e. The summed E-state index contributed by atoms with van der Waals surface area (Å²) in [4.78, 5) is 0.713. The van der Waals surface area contributed by atoms with Gasteiger partial charge >= 0.3 is 0 Å². The minimum Gasteiger partial charge on any atom is -0.391 e. The molecule has 0 radical (unpaired) electrons. The Hall–Kier alpha value is -0.470. The van der Waals surface area contributed by atoms with Crippen LogP contribution in [0.25, 0.3) is 0 Å². The molecule has 5 nitrogen and oxygen atoms in total. The molecule has 1 aromatic heterocycles. The molecule has 1 aromatic rings. The van der Waals surface area contributed by atoms with Crippen molar-refractivity contribution in [2.45, 2.75) is 36.7 Å². The number of hydrogen-bond acceptors (Lipinski definition) is 5. The predicted octanol–water partition coefficient (Wildman–Crippen LogP) is 1.35. The van der Waals surface area contributed by atoms with Crippen LogP contribution in [0, 0.1) is 6.92 Å². The van der Waals surface area contributed by atoms with E-state index in [1.807, 2.05) is 6.92 Å². The minimum absolute atomic E-state index is 0.113. The normalized spacial score (nSPS) is 18.9. The van der Waals surface area contributed by atoms with Crippen LogP contribution in [-0.2, 0) is 21.4 Å². The molecule has 7 heteroatoms. The second-order valence-corrected chi connectivity index (χ2v) is 7.97. The lowest BCUT2D eigenvalue weighted by Crippen LogP contribution is -2.40. The topological polar surface area (TPSA) is 66.8 Å². The van der Waals surface area contributed by atoms with Gasteiger partial charge < -0.3 is 9.84 Å².